The van der Waals surface area contributed by atoms with Crippen LogP contribution in [0.2, 0.25) is 5.02 Å². The fraction of sp³-hybridized carbons (Fsp3) is 0.312. The highest BCUT2D eigenvalue weighted by Crippen LogP contribution is 2.17. The first-order valence-corrected chi connectivity index (χ1v) is 8.33. The number of quaternary nitrogens is 1. The summed E-state index contributed by atoms with van der Waals surface area (Å²) in [7, 11) is 1.96. The first kappa shape index (κ1) is 17.0. The molecule has 2 heterocycles. The van der Waals surface area contributed by atoms with Gasteiger partial charge < -0.3 is 4.90 Å². The van der Waals surface area contributed by atoms with Crippen molar-refractivity contribution in [1.82, 2.24) is 19.2 Å². The van der Waals surface area contributed by atoms with Crippen molar-refractivity contribution in [3.05, 3.63) is 56.8 Å². The van der Waals surface area contributed by atoms with Crippen LogP contribution < -0.4 is 4.90 Å². The Bertz CT molecular complexity index is 945. The molecule has 0 fully saturated rings. The van der Waals surface area contributed by atoms with Crippen molar-refractivity contribution >= 4 is 29.6 Å². The second-order valence-corrected chi connectivity index (χ2v) is 6.71. The molecule has 8 heteroatoms. The highest BCUT2D eigenvalue weighted by atomic mass is 35.5. The number of rotatable bonds is 4. The molecule has 2 aromatic heterocycles. The lowest BCUT2D eigenvalue weighted by atomic mass is 10.2. The molecule has 0 saturated carbocycles. The zero-order valence-electron chi connectivity index (χ0n) is 13.7. The number of nitrogens with one attached hydrogen (secondary N) is 1. The maximum Gasteiger partial charge on any atom is 0.252 e. The van der Waals surface area contributed by atoms with Crippen LogP contribution in [0, 0.1) is 24.4 Å². The van der Waals surface area contributed by atoms with Crippen molar-refractivity contribution < 1.29 is 9.29 Å². The lowest BCUT2D eigenvalue weighted by Crippen LogP contribution is -3.07. The number of aryl methyl sites for hydroxylation is 2. The van der Waals surface area contributed by atoms with Crippen molar-refractivity contribution in [1.29, 1.82) is 0 Å². The Kier molecular flexibility index (Phi) is 4.67. The molecule has 3 rings (SSSR count). The van der Waals surface area contributed by atoms with E-state index in [1.165, 1.54) is 6.07 Å². The molecule has 5 nitrogen and oxygen atoms in total. The van der Waals surface area contributed by atoms with E-state index in [9.17, 15) is 4.39 Å². The maximum absolute atomic E-state index is 14.0. The van der Waals surface area contributed by atoms with Gasteiger partial charge >= 0.3 is 0 Å². The Balaban J connectivity index is 1.93. The summed E-state index contributed by atoms with van der Waals surface area (Å²) in [5, 5.41) is 0.435. The number of hydrogen-bond acceptors (Lipinski definition) is 3. The summed E-state index contributed by atoms with van der Waals surface area (Å²) < 4.78 is 18.2. The minimum atomic E-state index is -0.294. The molecule has 0 bridgehead atoms. The monoisotopic (exact) mass is 366 g/mol. The fourth-order valence-corrected chi connectivity index (χ4v) is 3.27. The molecular weight excluding hydrogens is 349 g/mol. The molecule has 3 aromatic rings. The molecule has 1 N–H and O–H groups in total. The topological polar surface area (TPSA) is 39.6 Å². The quantitative estimate of drug-likeness (QED) is 0.720. The largest absolute Gasteiger partial charge is 0.315 e. The lowest BCUT2D eigenvalue weighted by Gasteiger charge is -2.17. The minimum Gasteiger partial charge on any atom is -0.315 e. The Hall–Kier alpha value is -1.83. The van der Waals surface area contributed by atoms with E-state index in [1.807, 2.05) is 36.2 Å². The third kappa shape index (κ3) is 3.19. The molecule has 0 aliphatic rings. The Morgan fingerprint density at radius 3 is 2.75 bits per heavy atom. The van der Waals surface area contributed by atoms with Crippen LogP contribution in [0.15, 0.2) is 24.3 Å². The molecule has 24 heavy (non-hydrogen) atoms. The first-order valence-electron chi connectivity index (χ1n) is 7.55. The summed E-state index contributed by atoms with van der Waals surface area (Å²) in [5.41, 5.74) is 2.39. The zero-order chi connectivity index (χ0) is 17.4. The second-order valence-electron chi connectivity index (χ2n) is 5.94. The van der Waals surface area contributed by atoms with Crippen molar-refractivity contribution in [3.63, 3.8) is 0 Å². The Morgan fingerprint density at radius 2 is 2.04 bits per heavy atom. The Labute approximate surface area is 149 Å². The lowest BCUT2D eigenvalue weighted by molar-refractivity contribution is -0.917. The smallest absolute Gasteiger partial charge is 0.252 e. The standard InChI is InChI=1S/C16H17ClFN5S/c1-10-7-11(2)23-15(19-10)20-16(24)22(23)9-21(3)8-12-13(17)5-4-6-14(12)18/h4-7H,8-9H2,1-3H3/p+1. The third-order valence-corrected chi connectivity index (χ3v) is 4.49. The van der Waals surface area contributed by atoms with E-state index in [0.717, 1.165) is 16.3 Å². The summed E-state index contributed by atoms with van der Waals surface area (Å²) in [4.78, 5) is 9.79. The zero-order valence-corrected chi connectivity index (χ0v) is 15.2. The number of benzene rings is 1. The molecule has 126 valence electrons. The van der Waals surface area contributed by atoms with Crippen LogP contribution in [0.3, 0.4) is 0 Å². The van der Waals surface area contributed by atoms with Crippen LogP contribution in [0.5, 0.6) is 0 Å². The SMILES string of the molecule is Cc1cc(C)n2c(n1)nc(=S)n2C[NH+](C)Cc1c(F)cccc1Cl. The highest BCUT2D eigenvalue weighted by Gasteiger charge is 2.16. The molecule has 1 aromatic carbocycles. The average Bonchev–Trinajstić information content (AvgIpc) is 2.79. The summed E-state index contributed by atoms with van der Waals surface area (Å²) in [6.45, 7) is 4.87. The van der Waals surface area contributed by atoms with Crippen molar-refractivity contribution in [3.8, 4) is 0 Å². The predicted octanol–water partition coefficient (Wildman–Crippen LogP) is 2.34. The molecule has 0 amide bonds. The fourth-order valence-electron chi connectivity index (χ4n) is 2.81. The van der Waals surface area contributed by atoms with Gasteiger partial charge in [0.1, 0.15) is 12.4 Å². The van der Waals surface area contributed by atoms with Crippen LogP contribution in [0.25, 0.3) is 5.78 Å². The maximum atomic E-state index is 14.0. The predicted molar refractivity (Wildman–Crippen MR) is 93.3 cm³/mol. The van der Waals surface area contributed by atoms with E-state index < -0.39 is 0 Å². The summed E-state index contributed by atoms with van der Waals surface area (Å²) in [5.74, 6) is 0.284. The number of aromatic nitrogens is 4. The Morgan fingerprint density at radius 1 is 1.29 bits per heavy atom. The molecule has 0 aliphatic carbocycles. The molecule has 0 saturated heterocycles. The van der Waals surface area contributed by atoms with Gasteiger partial charge in [0.15, 0.2) is 6.67 Å². The second kappa shape index (κ2) is 6.58. The average molecular weight is 367 g/mol. The third-order valence-electron chi connectivity index (χ3n) is 3.84. The van der Waals surface area contributed by atoms with Gasteiger partial charge in [0.25, 0.3) is 5.78 Å². The van der Waals surface area contributed by atoms with Crippen LogP contribution >= 0.6 is 23.8 Å². The number of halogens is 2. The summed E-state index contributed by atoms with van der Waals surface area (Å²) >= 11 is 11.5. The molecule has 1 atom stereocenters. The first-order chi connectivity index (χ1) is 11.4. The number of nitrogens with zero attached hydrogens (tertiary/aromatic N) is 4. The van der Waals surface area contributed by atoms with E-state index >= 15 is 0 Å². The van der Waals surface area contributed by atoms with Gasteiger partial charge in [-0.15, -0.1) is 0 Å². The van der Waals surface area contributed by atoms with Gasteiger partial charge in [-0.3, -0.25) is 0 Å². The molecule has 0 radical (unpaired) electrons. The van der Waals surface area contributed by atoms with Crippen LogP contribution in [-0.4, -0.2) is 26.2 Å². The molecule has 0 aliphatic heterocycles. The van der Waals surface area contributed by atoms with Gasteiger partial charge in [0.05, 0.1) is 17.6 Å². The van der Waals surface area contributed by atoms with E-state index in [-0.39, 0.29) is 5.82 Å². The van der Waals surface area contributed by atoms with Gasteiger partial charge in [-0.25, -0.2) is 18.6 Å². The number of fused-ring (bicyclic) bond motifs is 1. The van der Waals surface area contributed by atoms with Crippen LogP contribution in [-0.2, 0) is 13.2 Å². The summed E-state index contributed by atoms with van der Waals surface area (Å²) in [6.07, 6.45) is 0. The van der Waals surface area contributed by atoms with Gasteiger partial charge in [0.2, 0.25) is 4.77 Å². The van der Waals surface area contributed by atoms with Crippen LogP contribution in [0.4, 0.5) is 4.39 Å². The van der Waals surface area contributed by atoms with Gasteiger partial charge in [0, 0.05) is 11.4 Å². The van der Waals surface area contributed by atoms with Crippen molar-refractivity contribution in [2.45, 2.75) is 27.1 Å². The van der Waals surface area contributed by atoms with Crippen molar-refractivity contribution in [2.75, 3.05) is 7.05 Å². The van der Waals surface area contributed by atoms with E-state index in [4.69, 9.17) is 23.8 Å². The molecule has 1 unspecified atom stereocenters. The highest BCUT2D eigenvalue weighted by molar-refractivity contribution is 7.71. The molecular formula is C16H18ClFN5S+. The summed E-state index contributed by atoms with van der Waals surface area (Å²) in [6, 6.07) is 6.70. The molecule has 0 spiro atoms. The van der Waals surface area contributed by atoms with Crippen LogP contribution in [0.1, 0.15) is 17.0 Å². The van der Waals surface area contributed by atoms with E-state index in [1.54, 1.807) is 12.1 Å². The number of hydrogen-bond donors (Lipinski definition) is 1. The van der Waals surface area contributed by atoms with Crippen molar-refractivity contribution in [2.24, 2.45) is 0 Å². The minimum absolute atomic E-state index is 0.294. The van der Waals surface area contributed by atoms with Gasteiger partial charge in [-0.1, -0.05) is 17.7 Å². The van der Waals surface area contributed by atoms with Gasteiger partial charge in [-0.2, -0.15) is 4.98 Å². The normalized spacial score (nSPS) is 12.7. The van der Waals surface area contributed by atoms with E-state index in [0.29, 0.717) is 34.3 Å². The van der Waals surface area contributed by atoms with Gasteiger partial charge in [-0.05, 0) is 44.3 Å². The van der Waals surface area contributed by atoms with E-state index in [2.05, 4.69) is 9.97 Å².